The predicted octanol–water partition coefficient (Wildman–Crippen LogP) is 6.10. The second-order valence-electron chi connectivity index (χ2n) is 7.91. The van der Waals surface area contributed by atoms with E-state index >= 15 is 0 Å². The number of hydrogen-bond donors (Lipinski definition) is 2. The summed E-state index contributed by atoms with van der Waals surface area (Å²) in [5.41, 5.74) is 3.44. The predicted molar refractivity (Wildman–Crippen MR) is 132 cm³/mol. The van der Waals surface area contributed by atoms with Crippen LogP contribution in [0.4, 0.5) is 17.3 Å². The van der Waals surface area contributed by atoms with E-state index in [-0.39, 0.29) is 0 Å². The van der Waals surface area contributed by atoms with Gasteiger partial charge in [-0.3, -0.25) is 0 Å². The molecule has 1 aliphatic rings. The molecule has 7 heteroatoms. The van der Waals surface area contributed by atoms with Crippen LogP contribution in [0.15, 0.2) is 54.6 Å². The molecule has 2 aromatic carbocycles. The van der Waals surface area contributed by atoms with Crippen molar-refractivity contribution in [2.45, 2.75) is 19.3 Å². The number of hydrogen-bond acceptors (Lipinski definition) is 5. The number of aromatic nitrogens is 1. The fourth-order valence-corrected chi connectivity index (χ4v) is 4.40. The molecule has 0 aliphatic carbocycles. The molecule has 1 aromatic heterocycles. The lowest BCUT2D eigenvalue weighted by molar-refractivity contribution is 0.352. The van der Waals surface area contributed by atoms with E-state index < -0.39 is 0 Å². The molecule has 2 heterocycles. The first-order valence-electron chi connectivity index (χ1n) is 10.8. The van der Waals surface area contributed by atoms with Crippen molar-refractivity contribution in [3.8, 4) is 6.07 Å². The summed E-state index contributed by atoms with van der Waals surface area (Å²) < 4.78 is 0. The standard InChI is InChI=1S/C25H25Cl2N5/c26-22-4-3-5-23(27)21(22)14-19-15-24(29-10-13-32-11-1-2-12-32)31-25(16-19)30-20-8-6-18(17-28)7-9-20/h3-9,15-16H,1-2,10-14H2,(H2,29,30,31). The molecule has 0 unspecified atom stereocenters. The first-order valence-corrected chi connectivity index (χ1v) is 11.5. The maximum atomic E-state index is 9.02. The highest BCUT2D eigenvalue weighted by Crippen LogP contribution is 2.29. The third-order valence-electron chi connectivity index (χ3n) is 5.55. The molecule has 0 radical (unpaired) electrons. The summed E-state index contributed by atoms with van der Waals surface area (Å²) in [6, 6.07) is 19.1. The lowest BCUT2D eigenvalue weighted by atomic mass is 10.1. The summed E-state index contributed by atoms with van der Waals surface area (Å²) in [4.78, 5) is 7.22. The zero-order valence-electron chi connectivity index (χ0n) is 17.7. The molecule has 32 heavy (non-hydrogen) atoms. The van der Waals surface area contributed by atoms with E-state index in [9.17, 15) is 0 Å². The minimum absolute atomic E-state index is 0.601. The van der Waals surface area contributed by atoms with E-state index in [1.54, 1.807) is 12.1 Å². The summed E-state index contributed by atoms with van der Waals surface area (Å²) >= 11 is 12.8. The molecule has 0 atom stereocenters. The third kappa shape index (κ3) is 5.92. The topological polar surface area (TPSA) is 64.0 Å². The smallest absolute Gasteiger partial charge is 0.133 e. The first-order chi connectivity index (χ1) is 15.6. The zero-order valence-corrected chi connectivity index (χ0v) is 19.3. The fraction of sp³-hybridized carbons (Fsp3) is 0.280. The number of rotatable bonds is 8. The van der Waals surface area contributed by atoms with Gasteiger partial charge in [-0.25, -0.2) is 4.98 Å². The molecule has 164 valence electrons. The Balaban J connectivity index is 1.55. The minimum atomic E-state index is 0.601. The first kappa shape index (κ1) is 22.4. The van der Waals surface area contributed by atoms with Crippen molar-refractivity contribution in [3.63, 3.8) is 0 Å². The summed E-state index contributed by atoms with van der Waals surface area (Å²) in [6.07, 6.45) is 3.17. The van der Waals surface area contributed by atoms with Crippen LogP contribution in [0.25, 0.3) is 0 Å². The van der Waals surface area contributed by atoms with E-state index in [0.717, 1.165) is 41.5 Å². The molecule has 0 amide bonds. The number of nitrogens with zero attached hydrogens (tertiary/aromatic N) is 3. The highest BCUT2D eigenvalue weighted by atomic mass is 35.5. The van der Waals surface area contributed by atoms with Crippen molar-refractivity contribution in [2.24, 2.45) is 0 Å². The number of halogens is 2. The van der Waals surface area contributed by atoms with Crippen LogP contribution in [-0.2, 0) is 6.42 Å². The summed E-state index contributed by atoms with van der Waals surface area (Å²) in [5.74, 6) is 1.53. The number of benzene rings is 2. The highest BCUT2D eigenvalue weighted by molar-refractivity contribution is 6.36. The van der Waals surface area contributed by atoms with Gasteiger partial charge in [-0.2, -0.15) is 5.26 Å². The molecule has 0 bridgehead atoms. The number of likely N-dealkylation sites (tertiary alicyclic amines) is 1. The lowest BCUT2D eigenvalue weighted by Crippen LogP contribution is -2.26. The van der Waals surface area contributed by atoms with Gasteiger partial charge in [-0.15, -0.1) is 0 Å². The molecule has 1 saturated heterocycles. The Kier molecular flexibility index (Phi) is 7.49. The van der Waals surface area contributed by atoms with Gasteiger partial charge in [0.05, 0.1) is 11.6 Å². The Labute approximate surface area is 199 Å². The van der Waals surface area contributed by atoms with Crippen LogP contribution in [0.2, 0.25) is 10.0 Å². The molecule has 4 rings (SSSR count). The van der Waals surface area contributed by atoms with Crippen LogP contribution in [0.5, 0.6) is 0 Å². The Hall–Kier alpha value is -2.78. The zero-order chi connectivity index (χ0) is 22.3. The molecular weight excluding hydrogens is 441 g/mol. The van der Waals surface area contributed by atoms with Gasteiger partial charge in [-0.05, 0) is 85.6 Å². The maximum absolute atomic E-state index is 9.02. The second kappa shape index (κ2) is 10.7. The van der Waals surface area contributed by atoms with Crippen molar-refractivity contribution in [1.29, 1.82) is 5.26 Å². The van der Waals surface area contributed by atoms with Crippen LogP contribution < -0.4 is 10.6 Å². The second-order valence-corrected chi connectivity index (χ2v) is 8.73. The SMILES string of the molecule is N#Cc1ccc(Nc2cc(Cc3c(Cl)cccc3Cl)cc(NCCN3CCCC3)n2)cc1. The molecule has 0 saturated carbocycles. The van der Waals surface area contributed by atoms with Gasteiger partial charge in [-0.1, -0.05) is 29.3 Å². The summed E-state index contributed by atoms with van der Waals surface area (Å²) in [7, 11) is 0. The number of pyridine rings is 1. The average Bonchev–Trinajstić information content (AvgIpc) is 3.30. The molecule has 1 aliphatic heterocycles. The van der Waals surface area contributed by atoms with Crippen molar-refractivity contribution < 1.29 is 0 Å². The molecule has 3 aromatic rings. The average molecular weight is 466 g/mol. The molecule has 0 spiro atoms. The Morgan fingerprint density at radius 1 is 0.969 bits per heavy atom. The monoisotopic (exact) mass is 465 g/mol. The Bertz CT molecular complexity index is 1080. The van der Waals surface area contributed by atoms with Gasteiger partial charge in [0.25, 0.3) is 0 Å². The van der Waals surface area contributed by atoms with Gasteiger partial charge in [0.2, 0.25) is 0 Å². The molecule has 5 nitrogen and oxygen atoms in total. The van der Waals surface area contributed by atoms with Gasteiger partial charge >= 0.3 is 0 Å². The van der Waals surface area contributed by atoms with Crippen molar-refractivity contribution in [2.75, 3.05) is 36.8 Å². The minimum Gasteiger partial charge on any atom is -0.369 e. The quantitative estimate of drug-likeness (QED) is 0.420. The maximum Gasteiger partial charge on any atom is 0.133 e. The normalized spacial score (nSPS) is 13.7. The highest BCUT2D eigenvalue weighted by Gasteiger charge is 2.12. The Morgan fingerprint density at radius 3 is 2.34 bits per heavy atom. The number of anilines is 3. The van der Waals surface area contributed by atoms with E-state index in [0.29, 0.717) is 22.0 Å². The lowest BCUT2D eigenvalue weighted by Gasteiger charge is -2.16. The summed E-state index contributed by atoms with van der Waals surface area (Å²) in [6.45, 7) is 4.18. The van der Waals surface area contributed by atoms with Crippen molar-refractivity contribution in [1.82, 2.24) is 9.88 Å². The van der Waals surface area contributed by atoms with Gasteiger partial charge in [0.1, 0.15) is 11.6 Å². The van der Waals surface area contributed by atoms with E-state index in [1.807, 2.05) is 42.5 Å². The fourth-order valence-electron chi connectivity index (χ4n) is 3.87. The van der Waals surface area contributed by atoms with Crippen molar-refractivity contribution >= 4 is 40.5 Å². The van der Waals surface area contributed by atoms with Gasteiger partial charge < -0.3 is 15.5 Å². The molecular formula is C25H25Cl2N5. The molecule has 1 fully saturated rings. The number of nitrogens with one attached hydrogen (secondary N) is 2. The van der Waals surface area contributed by atoms with Crippen LogP contribution in [0, 0.1) is 11.3 Å². The van der Waals surface area contributed by atoms with Crippen LogP contribution >= 0.6 is 23.2 Å². The van der Waals surface area contributed by atoms with Crippen LogP contribution in [0.1, 0.15) is 29.5 Å². The van der Waals surface area contributed by atoms with Crippen molar-refractivity contribution in [3.05, 3.63) is 81.3 Å². The third-order valence-corrected chi connectivity index (χ3v) is 6.26. The largest absolute Gasteiger partial charge is 0.369 e. The molecule has 2 N–H and O–H groups in total. The van der Waals surface area contributed by atoms with E-state index in [2.05, 4.69) is 21.6 Å². The van der Waals surface area contributed by atoms with Gasteiger partial charge in [0, 0.05) is 35.2 Å². The van der Waals surface area contributed by atoms with Gasteiger partial charge in [0.15, 0.2) is 0 Å². The van der Waals surface area contributed by atoms with Crippen LogP contribution in [-0.4, -0.2) is 36.1 Å². The van der Waals surface area contributed by atoms with Crippen LogP contribution in [0.3, 0.4) is 0 Å². The van der Waals surface area contributed by atoms with E-state index in [1.165, 1.54) is 25.9 Å². The Morgan fingerprint density at radius 2 is 1.66 bits per heavy atom. The van der Waals surface area contributed by atoms with E-state index in [4.69, 9.17) is 33.4 Å². The summed E-state index contributed by atoms with van der Waals surface area (Å²) in [5, 5.41) is 17.1. The number of nitriles is 1.